The average molecular weight is 187 g/mol. The van der Waals surface area contributed by atoms with Crippen LogP contribution >= 0.6 is 0 Å². The van der Waals surface area contributed by atoms with Crippen LogP contribution in [0.5, 0.6) is 0 Å². The van der Waals surface area contributed by atoms with E-state index in [-0.39, 0.29) is 0 Å². The van der Waals surface area contributed by atoms with Crippen LogP contribution in [0, 0.1) is 0 Å². The van der Waals surface area contributed by atoms with Gasteiger partial charge in [0.05, 0.1) is 19.3 Å². The van der Waals surface area contributed by atoms with Gasteiger partial charge in [-0.2, -0.15) is 0 Å². The van der Waals surface area contributed by atoms with E-state index in [0.29, 0.717) is 12.1 Å². The van der Waals surface area contributed by atoms with E-state index in [4.69, 9.17) is 9.47 Å². The van der Waals surface area contributed by atoms with Crippen LogP contribution in [0.1, 0.15) is 26.2 Å². The van der Waals surface area contributed by atoms with Crippen molar-refractivity contribution in [1.29, 1.82) is 0 Å². The summed E-state index contributed by atoms with van der Waals surface area (Å²) in [5, 5.41) is 3.23. The third-order valence-corrected chi connectivity index (χ3v) is 2.43. The zero-order valence-corrected chi connectivity index (χ0v) is 8.71. The predicted octanol–water partition coefficient (Wildman–Crippen LogP) is 1.18. The van der Waals surface area contributed by atoms with E-state index in [0.717, 1.165) is 39.1 Å². The van der Waals surface area contributed by atoms with Crippen molar-refractivity contribution in [3.05, 3.63) is 0 Å². The Morgan fingerprint density at radius 2 is 2.00 bits per heavy atom. The molecule has 0 amide bonds. The second-order valence-electron chi connectivity index (χ2n) is 3.56. The highest BCUT2D eigenvalue weighted by Crippen LogP contribution is 2.22. The molecule has 3 heteroatoms. The molecule has 78 valence electrons. The van der Waals surface area contributed by atoms with Crippen LogP contribution < -0.4 is 5.32 Å². The molecule has 0 aromatic carbocycles. The molecule has 1 saturated carbocycles. The highest BCUT2D eigenvalue weighted by Gasteiger charge is 2.27. The molecule has 1 rings (SSSR count). The van der Waals surface area contributed by atoms with Crippen LogP contribution in [-0.2, 0) is 9.47 Å². The lowest BCUT2D eigenvalue weighted by atomic mass is 9.89. The number of ether oxygens (including phenoxy) is 2. The molecule has 0 radical (unpaired) electrons. The monoisotopic (exact) mass is 187 g/mol. The van der Waals surface area contributed by atoms with Gasteiger partial charge in [-0.25, -0.2) is 0 Å². The molecule has 1 aliphatic rings. The number of hydrogen-bond donors (Lipinski definition) is 1. The summed E-state index contributed by atoms with van der Waals surface area (Å²) in [6, 6.07) is 0.682. The molecule has 0 spiro atoms. The summed E-state index contributed by atoms with van der Waals surface area (Å²) >= 11 is 0. The van der Waals surface area contributed by atoms with Crippen LogP contribution in [-0.4, -0.2) is 39.0 Å². The van der Waals surface area contributed by atoms with Gasteiger partial charge in [0.1, 0.15) is 0 Å². The molecule has 0 aromatic heterocycles. The quantitative estimate of drug-likeness (QED) is 0.607. The number of rotatable bonds is 7. The Labute approximate surface area is 80.8 Å². The third-order valence-electron chi connectivity index (χ3n) is 2.43. The normalized spacial score (nSPS) is 27.2. The molecule has 0 unspecified atom stereocenters. The van der Waals surface area contributed by atoms with E-state index < -0.39 is 0 Å². The average Bonchev–Trinajstić information content (AvgIpc) is 2.08. The van der Waals surface area contributed by atoms with Gasteiger partial charge in [0, 0.05) is 12.6 Å². The Hall–Kier alpha value is -0.120. The molecule has 0 aliphatic heterocycles. The molecule has 13 heavy (non-hydrogen) atoms. The van der Waals surface area contributed by atoms with E-state index in [2.05, 4.69) is 12.2 Å². The molecular weight excluding hydrogens is 166 g/mol. The minimum Gasteiger partial charge on any atom is -0.379 e. The van der Waals surface area contributed by atoms with E-state index in [1.807, 2.05) is 7.05 Å². The fourth-order valence-corrected chi connectivity index (χ4v) is 1.46. The van der Waals surface area contributed by atoms with Crippen molar-refractivity contribution in [3.8, 4) is 0 Å². The van der Waals surface area contributed by atoms with Crippen molar-refractivity contribution >= 4 is 0 Å². The predicted molar refractivity (Wildman–Crippen MR) is 52.9 cm³/mol. The Bertz CT molecular complexity index is 124. The minimum absolute atomic E-state index is 0.475. The first kappa shape index (κ1) is 11.0. The smallest absolute Gasteiger partial charge is 0.0704 e. The first-order valence-electron chi connectivity index (χ1n) is 5.23. The van der Waals surface area contributed by atoms with Crippen LogP contribution in [0.15, 0.2) is 0 Å². The highest BCUT2D eigenvalue weighted by molar-refractivity contribution is 4.84. The van der Waals surface area contributed by atoms with Crippen molar-refractivity contribution in [1.82, 2.24) is 5.32 Å². The standard InChI is InChI=1S/C10H21NO2/c1-3-4-12-5-6-13-10-7-9(8-10)11-2/h9-11H,3-8H2,1-2H3. The van der Waals surface area contributed by atoms with Crippen molar-refractivity contribution in [3.63, 3.8) is 0 Å². The van der Waals surface area contributed by atoms with Crippen LogP contribution in [0.4, 0.5) is 0 Å². The first-order valence-corrected chi connectivity index (χ1v) is 5.23. The van der Waals surface area contributed by atoms with Gasteiger partial charge in [-0.3, -0.25) is 0 Å². The fraction of sp³-hybridized carbons (Fsp3) is 1.00. The Balaban J connectivity index is 1.80. The van der Waals surface area contributed by atoms with Crippen molar-refractivity contribution in [2.45, 2.75) is 38.3 Å². The lowest BCUT2D eigenvalue weighted by Gasteiger charge is -2.34. The lowest BCUT2D eigenvalue weighted by molar-refractivity contribution is -0.0406. The highest BCUT2D eigenvalue weighted by atomic mass is 16.5. The maximum absolute atomic E-state index is 5.59. The van der Waals surface area contributed by atoms with E-state index in [1.54, 1.807) is 0 Å². The minimum atomic E-state index is 0.475. The summed E-state index contributed by atoms with van der Waals surface area (Å²) in [5.41, 5.74) is 0. The Morgan fingerprint density at radius 1 is 1.23 bits per heavy atom. The second kappa shape index (κ2) is 6.35. The summed E-state index contributed by atoms with van der Waals surface area (Å²) in [4.78, 5) is 0. The maximum Gasteiger partial charge on any atom is 0.0704 e. The van der Waals surface area contributed by atoms with Gasteiger partial charge >= 0.3 is 0 Å². The van der Waals surface area contributed by atoms with Gasteiger partial charge < -0.3 is 14.8 Å². The zero-order valence-electron chi connectivity index (χ0n) is 8.71. The summed E-state index contributed by atoms with van der Waals surface area (Å²) in [5.74, 6) is 0. The molecule has 1 aliphatic carbocycles. The summed E-state index contributed by atoms with van der Waals surface area (Å²) in [6.07, 6.45) is 3.88. The largest absolute Gasteiger partial charge is 0.379 e. The van der Waals surface area contributed by atoms with Crippen LogP contribution in [0.3, 0.4) is 0 Å². The summed E-state index contributed by atoms with van der Waals surface area (Å²) in [7, 11) is 2.01. The summed E-state index contributed by atoms with van der Waals surface area (Å²) in [6.45, 7) is 4.47. The van der Waals surface area contributed by atoms with Gasteiger partial charge in [0.25, 0.3) is 0 Å². The fourth-order valence-electron chi connectivity index (χ4n) is 1.46. The van der Waals surface area contributed by atoms with Crippen LogP contribution in [0.25, 0.3) is 0 Å². The van der Waals surface area contributed by atoms with E-state index in [9.17, 15) is 0 Å². The molecule has 0 saturated heterocycles. The van der Waals surface area contributed by atoms with E-state index >= 15 is 0 Å². The van der Waals surface area contributed by atoms with E-state index in [1.165, 1.54) is 0 Å². The molecule has 0 bridgehead atoms. The molecule has 0 atom stereocenters. The molecule has 1 N–H and O–H groups in total. The molecular formula is C10H21NO2. The maximum atomic E-state index is 5.59. The van der Waals surface area contributed by atoms with Gasteiger partial charge in [-0.05, 0) is 26.3 Å². The first-order chi connectivity index (χ1) is 6.36. The molecule has 0 heterocycles. The van der Waals surface area contributed by atoms with Gasteiger partial charge in [-0.1, -0.05) is 6.92 Å². The number of nitrogens with one attached hydrogen (secondary N) is 1. The van der Waals surface area contributed by atoms with Gasteiger partial charge in [0.2, 0.25) is 0 Å². The van der Waals surface area contributed by atoms with Gasteiger partial charge in [0.15, 0.2) is 0 Å². The lowest BCUT2D eigenvalue weighted by Crippen LogP contribution is -2.44. The Kier molecular flexibility index (Phi) is 5.35. The topological polar surface area (TPSA) is 30.5 Å². The Morgan fingerprint density at radius 3 is 2.62 bits per heavy atom. The molecule has 1 fully saturated rings. The zero-order chi connectivity index (χ0) is 9.52. The van der Waals surface area contributed by atoms with Crippen molar-refractivity contribution in [2.24, 2.45) is 0 Å². The SMILES string of the molecule is CCCOCCOC1CC(NC)C1. The summed E-state index contributed by atoms with van der Waals surface area (Å²) < 4.78 is 10.9. The van der Waals surface area contributed by atoms with Gasteiger partial charge in [-0.15, -0.1) is 0 Å². The van der Waals surface area contributed by atoms with Crippen molar-refractivity contribution < 1.29 is 9.47 Å². The molecule has 0 aromatic rings. The number of hydrogen-bond acceptors (Lipinski definition) is 3. The molecule has 3 nitrogen and oxygen atoms in total. The van der Waals surface area contributed by atoms with Crippen LogP contribution in [0.2, 0.25) is 0 Å². The second-order valence-corrected chi connectivity index (χ2v) is 3.56. The van der Waals surface area contributed by atoms with Crippen molar-refractivity contribution in [2.75, 3.05) is 26.9 Å². The third kappa shape index (κ3) is 4.07.